The molecule has 0 saturated carbocycles. The molecule has 2 N–H and O–H groups in total. The molecule has 2 heterocycles. The Morgan fingerprint density at radius 2 is 1.84 bits per heavy atom. The van der Waals surface area contributed by atoms with E-state index in [0.29, 0.717) is 38.8 Å². The zero-order valence-corrected chi connectivity index (χ0v) is 22.9. The molecule has 0 aromatic heterocycles. The van der Waals surface area contributed by atoms with Crippen molar-refractivity contribution in [2.45, 2.75) is 82.7 Å². The summed E-state index contributed by atoms with van der Waals surface area (Å²) in [6.07, 6.45) is 2.54. The summed E-state index contributed by atoms with van der Waals surface area (Å²) in [6.45, 7) is 6.76. The van der Waals surface area contributed by atoms with E-state index in [1.165, 1.54) is 4.31 Å². The van der Waals surface area contributed by atoms with E-state index in [2.05, 4.69) is 10.6 Å². The number of unbranched alkanes of at least 4 members (excludes halogenated alkanes) is 1. The van der Waals surface area contributed by atoms with Gasteiger partial charge in [-0.2, -0.15) is 0 Å². The van der Waals surface area contributed by atoms with Crippen LogP contribution in [-0.2, 0) is 31.0 Å². The van der Waals surface area contributed by atoms with Crippen LogP contribution in [0.5, 0.6) is 0 Å². The molecule has 37 heavy (non-hydrogen) atoms. The summed E-state index contributed by atoms with van der Waals surface area (Å²) in [5.41, 5.74) is -0.0951. The van der Waals surface area contributed by atoms with Crippen molar-refractivity contribution in [2.24, 2.45) is 0 Å². The van der Waals surface area contributed by atoms with Crippen molar-refractivity contribution >= 4 is 27.9 Å². The van der Waals surface area contributed by atoms with Crippen molar-refractivity contribution in [3.8, 4) is 0 Å². The number of alkyl carbamates (subject to hydrolysis) is 1. The van der Waals surface area contributed by atoms with Gasteiger partial charge in [0.05, 0.1) is 5.25 Å². The Labute approximate surface area is 220 Å². The first kappa shape index (κ1) is 28.9. The summed E-state index contributed by atoms with van der Waals surface area (Å²) in [4.78, 5) is 40.3. The molecule has 1 spiro atoms. The van der Waals surface area contributed by atoms with E-state index in [0.717, 1.165) is 5.56 Å². The molecule has 2 aliphatic heterocycles. The van der Waals surface area contributed by atoms with Crippen molar-refractivity contribution in [1.29, 1.82) is 0 Å². The van der Waals surface area contributed by atoms with Crippen LogP contribution in [0.4, 0.5) is 4.79 Å². The Bertz CT molecular complexity index is 1040. The molecule has 1 atom stereocenters. The highest BCUT2D eigenvalue weighted by Crippen LogP contribution is 2.35. The third kappa shape index (κ3) is 6.81. The molecule has 0 bridgehead atoms. The molecular weight excluding hydrogens is 496 g/mol. The molecule has 10 nitrogen and oxygen atoms in total. The van der Waals surface area contributed by atoms with Crippen molar-refractivity contribution < 1.29 is 27.5 Å². The van der Waals surface area contributed by atoms with Crippen LogP contribution in [0.1, 0.15) is 64.9 Å². The number of benzene rings is 1. The van der Waals surface area contributed by atoms with Gasteiger partial charge in [-0.3, -0.25) is 9.59 Å². The van der Waals surface area contributed by atoms with Gasteiger partial charge in [0, 0.05) is 26.2 Å². The van der Waals surface area contributed by atoms with Crippen molar-refractivity contribution in [2.75, 3.05) is 26.2 Å². The summed E-state index contributed by atoms with van der Waals surface area (Å²) < 4.78 is 31.8. The van der Waals surface area contributed by atoms with E-state index in [9.17, 15) is 22.8 Å². The second-order valence-electron chi connectivity index (χ2n) is 10.0. The van der Waals surface area contributed by atoms with Gasteiger partial charge in [0.2, 0.25) is 21.8 Å². The number of sulfonamides is 1. The smallest absolute Gasteiger partial charge is 0.407 e. The van der Waals surface area contributed by atoms with Gasteiger partial charge in [-0.05, 0) is 57.9 Å². The van der Waals surface area contributed by atoms with Crippen LogP contribution in [0.25, 0.3) is 0 Å². The van der Waals surface area contributed by atoms with E-state index in [1.807, 2.05) is 37.3 Å². The lowest BCUT2D eigenvalue weighted by molar-refractivity contribution is -0.160. The number of nitrogens with one attached hydrogen (secondary N) is 2. The largest absolute Gasteiger partial charge is 0.445 e. The Hall–Kier alpha value is -2.66. The molecule has 0 radical (unpaired) electrons. The Morgan fingerprint density at radius 3 is 2.46 bits per heavy atom. The molecule has 3 amide bonds. The molecule has 11 heteroatoms. The van der Waals surface area contributed by atoms with Crippen molar-refractivity contribution in [1.82, 2.24) is 19.8 Å². The molecular formula is C26H40N4O6S. The van der Waals surface area contributed by atoms with Crippen molar-refractivity contribution in [3.63, 3.8) is 0 Å². The quantitative estimate of drug-likeness (QED) is 0.419. The predicted octanol–water partition coefficient (Wildman–Crippen LogP) is 2.39. The van der Waals surface area contributed by atoms with E-state index in [1.54, 1.807) is 18.7 Å². The van der Waals surface area contributed by atoms with E-state index >= 15 is 0 Å². The Morgan fingerprint density at radius 1 is 1.16 bits per heavy atom. The number of ether oxygens (including phenoxy) is 1. The average Bonchev–Trinajstić information content (AvgIpc) is 2.89. The minimum Gasteiger partial charge on any atom is -0.445 e. The van der Waals surface area contributed by atoms with E-state index in [4.69, 9.17) is 4.74 Å². The van der Waals surface area contributed by atoms with Crippen LogP contribution >= 0.6 is 0 Å². The molecule has 2 aliphatic rings. The van der Waals surface area contributed by atoms with Crippen LogP contribution in [-0.4, -0.2) is 78.5 Å². The monoisotopic (exact) mass is 536 g/mol. The average molecular weight is 537 g/mol. The number of piperidine rings is 1. The second-order valence-corrected chi connectivity index (χ2v) is 12.5. The number of carbonyl (C=O) groups excluding carboxylic acids is 3. The van der Waals surface area contributed by atoms with Gasteiger partial charge in [0.25, 0.3) is 0 Å². The number of piperazine rings is 1. The van der Waals surface area contributed by atoms with E-state index < -0.39 is 32.9 Å². The van der Waals surface area contributed by atoms with Crippen LogP contribution in [0.3, 0.4) is 0 Å². The number of nitrogens with zero attached hydrogens (tertiary/aromatic N) is 2. The maximum absolute atomic E-state index is 13.4. The van der Waals surface area contributed by atoms with Gasteiger partial charge in [0.1, 0.15) is 18.2 Å². The van der Waals surface area contributed by atoms with Crippen LogP contribution < -0.4 is 10.6 Å². The van der Waals surface area contributed by atoms with Crippen LogP contribution in [0, 0.1) is 0 Å². The highest BCUT2D eigenvalue weighted by atomic mass is 32.2. The normalized spacial score (nSPS) is 20.2. The molecule has 2 fully saturated rings. The first-order valence-electron chi connectivity index (χ1n) is 13.2. The van der Waals surface area contributed by atoms with Crippen LogP contribution in [0.2, 0.25) is 0 Å². The fourth-order valence-electron chi connectivity index (χ4n) is 4.96. The third-order valence-electron chi connectivity index (χ3n) is 7.16. The minimum absolute atomic E-state index is 0.114. The summed E-state index contributed by atoms with van der Waals surface area (Å²) in [6, 6.07) is 8.80. The first-order valence-corrected chi connectivity index (χ1v) is 14.7. The Balaban J connectivity index is 1.48. The number of carbonyl (C=O) groups is 3. The second kappa shape index (κ2) is 12.7. The zero-order chi connectivity index (χ0) is 27.1. The fraction of sp³-hybridized carbons (Fsp3) is 0.654. The highest BCUT2D eigenvalue weighted by Gasteiger charge is 2.54. The standard InChI is InChI=1S/C26H40N4O6S/c1-4-16-30-23(31)22(12-8-9-15-27-25(33)36-19-21-10-6-5-7-11-21)28-24(32)26(30)13-17-29(18-14-26)37(34,35)20(2)3/h5-7,10-11,20,22H,4,8-9,12-19H2,1-3H3,(H,27,33)(H,28,32)/t22-/m0/s1. The summed E-state index contributed by atoms with van der Waals surface area (Å²) in [7, 11) is -3.41. The fourth-order valence-corrected chi connectivity index (χ4v) is 6.25. The predicted molar refractivity (Wildman–Crippen MR) is 140 cm³/mol. The number of amides is 3. The third-order valence-corrected chi connectivity index (χ3v) is 9.44. The minimum atomic E-state index is -3.41. The topological polar surface area (TPSA) is 125 Å². The lowest BCUT2D eigenvalue weighted by Gasteiger charge is -2.51. The number of hydrogen-bond donors (Lipinski definition) is 2. The molecule has 0 unspecified atom stereocenters. The van der Waals surface area contributed by atoms with Gasteiger partial charge in [0.15, 0.2) is 0 Å². The number of hydrogen-bond acceptors (Lipinski definition) is 6. The van der Waals surface area contributed by atoms with Gasteiger partial charge >= 0.3 is 6.09 Å². The molecule has 206 valence electrons. The maximum Gasteiger partial charge on any atom is 0.407 e. The van der Waals surface area contributed by atoms with Crippen LogP contribution in [0.15, 0.2) is 30.3 Å². The lowest BCUT2D eigenvalue weighted by Crippen LogP contribution is -2.73. The zero-order valence-electron chi connectivity index (χ0n) is 22.1. The molecule has 2 saturated heterocycles. The summed E-state index contributed by atoms with van der Waals surface area (Å²) in [5.74, 6) is -0.313. The SMILES string of the molecule is CCCN1C(=O)[C@H](CCCCNC(=O)OCc2ccccc2)NC(=O)C12CCN(S(=O)(=O)C(C)C)CC2. The lowest BCUT2D eigenvalue weighted by atomic mass is 9.81. The van der Waals surface area contributed by atoms with Gasteiger partial charge in [-0.1, -0.05) is 37.3 Å². The molecule has 1 aromatic rings. The number of rotatable bonds is 11. The first-order chi connectivity index (χ1) is 17.6. The van der Waals surface area contributed by atoms with Gasteiger partial charge in [-0.15, -0.1) is 0 Å². The maximum atomic E-state index is 13.4. The highest BCUT2D eigenvalue weighted by molar-refractivity contribution is 7.89. The molecule has 0 aliphatic carbocycles. The van der Waals surface area contributed by atoms with Gasteiger partial charge in [-0.25, -0.2) is 17.5 Å². The Kier molecular flexibility index (Phi) is 9.94. The summed E-state index contributed by atoms with van der Waals surface area (Å²) in [5, 5.41) is 5.10. The molecule has 1 aromatic carbocycles. The van der Waals surface area contributed by atoms with Gasteiger partial charge < -0.3 is 20.3 Å². The van der Waals surface area contributed by atoms with E-state index in [-0.39, 0.29) is 44.4 Å². The summed E-state index contributed by atoms with van der Waals surface area (Å²) >= 11 is 0. The van der Waals surface area contributed by atoms with Crippen molar-refractivity contribution in [3.05, 3.63) is 35.9 Å². The molecule has 3 rings (SSSR count).